The Morgan fingerprint density at radius 3 is 2.59 bits per heavy atom. The molecule has 1 saturated carbocycles. The summed E-state index contributed by atoms with van der Waals surface area (Å²) in [6.07, 6.45) is 4.83. The lowest BCUT2D eigenvalue weighted by Crippen LogP contribution is -2.35. The van der Waals surface area contributed by atoms with Crippen LogP contribution in [0.5, 0.6) is 0 Å². The highest BCUT2D eigenvalue weighted by atomic mass is 127. The summed E-state index contributed by atoms with van der Waals surface area (Å²) < 4.78 is 5.20. The maximum Gasteiger partial charge on any atom is 0.193 e. The Morgan fingerprint density at radius 2 is 2.05 bits per heavy atom. The summed E-state index contributed by atoms with van der Waals surface area (Å²) in [4.78, 5) is 4.55. The first kappa shape index (κ1) is 19.2. The molecule has 3 N–H and O–H groups in total. The minimum atomic E-state index is 0. The van der Waals surface area contributed by atoms with Gasteiger partial charge in [0.1, 0.15) is 0 Å². The summed E-state index contributed by atoms with van der Waals surface area (Å²) in [5.74, 6) is 0.502. The summed E-state index contributed by atoms with van der Waals surface area (Å²) in [5.41, 5.74) is 9.86. The standard InChI is InChI=1S/C17H27N3O.HI/c1-13-5-6-15(11-14(13)2)20-16(18)19-12-17(7-4-8-17)9-10-21-3;/h5-6,11H,4,7-10,12H2,1-3H3,(H3,18,19,20);1H. The maximum absolute atomic E-state index is 6.02. The topological polar surface area (TPSA) is 59.6 Å². The van der Waals surface area contributed by atoms with E-state index in [0.29, 0.717) is 11.4 Å². The van der Waals surface area contributed by atoms with Crippen LogP contribution >= 0.6 is 24.0 Å². The molecule has 22 heavy (non-hydrogen) atoms. The van der Waals surface area contributed by atoms with Crippen LogP contribution in [0.3, 0.4) is 0 Å². The largest absolute Gasteiger partial charge is 0.385 e. The summed E-state index contributed by atoms with van der Waals surface area (Å²) in [6, 6.07) is 6.23. The molecule has 0 spiro atoms. The molecular formula is C17H28IN3O. The van der Waals surface area contributed by atoms with E-state index in [2.05, 4.69) is 36.3 Å². The molecule has 1 aromatic rings. The van der Waals surface area contributed by atoms with Crippen LogP contribution in [-0.4, -0.2) is 26.2 Å². The van der Waals surface area contributed by atoms with Gasteiger partial charge in [0.15, 0.2) is 5.96 Å². The van der Waals surface area contributed by atoms with Gasteiger partial charge in [-0.1, -0.05) is 12.5 Å². The van der Waals surface area contributed by atoms with E-state index >= 15 is 0 Å². The van der Waals surface area contributed by atoms with Crippen molar-refractivity contribution in [2.45, 2.75) is 39.5 Å². The molecule has 0 unspecified atom stereocenters. The number of nitrogens with two attached hydrogens (primary N) is 1. The molecule has 0 aromatic heterocycles. The van der Waals surface area contributed by atoms with E-state index in [1.54, 1.807) is 7.11 Å². The van der Waals surface area contributed by atoms with E-state index < -0.39 is 0 Å². The number of benzene rings is 1. The van der Waals surface area contributed by atoms with Gasteiger partial charge in [-0.05, 0) is 61.8 Å². The van der Waals surface area contributed by atoms with E-state index in [1.165, 1.54) is 30.4 Å². The fourth-order valence-corrected chi connectivity index (χ4v) is 2.74. The van der Waals surface area contributed by atoms with Crippen LogP contribution in [0.4, 0.5) is 5.69 Å². The normalized spacial score (nSPS) is 16.6. The van der Waals surface area contributed by atoms with Crippen LogP contribution in [0.15, 0.2) is 23.2 Å². The van der Waals surface area contributed by atoms with E-state index in [1.807, 2.05) is 6.07 Å². The number of aliphatic imine (C=N–C) groups is 1. The van der Waals surface area contributed by atoms with Crippen LogP contribution in [0, 0.1) is 19.3 Å². The summed E-state index contributed by atoms with van der Waals surface area (Å²) in [7, 11) is 1.76. The lowest BCUT2D eigenvalue weighted by Gasteiger charge is -2.40. The van der Waals surface area contributed by atoms with Crippen molar-refractivity contribution in [3.8, 4) is 0 Å². The molecule has 0 heterocycles. The second kappa shape index (κ2) is 8.72. The molecule has 0 radical (unpaired) electrons. The number of halogens is 1. The Morgan fingerprint density at radius 1 is 1.32 bits per heavy atom. The highest BCUT2D eigenvalue weighted by Gasteiger charge is 2.36. The van der Waals surface area contributed by atoms with E-state index in [-0.39, 0.29) is 24.0 Å². The Kier molecular flexibility index (Phi) is 7.62. The molecule has 0 saturated heterocycles. The van der Waals surface area contributed by atoms with E-state index in [9.17, 15) is 0 Å². The predicted octanol–water partition coefficient (Wildman–Crippen LogP) is 3.85. The van der Waals surface area contributed by atoms with Crippen LogP contribution in [0.25, 0.3) is 0 Å². The van der Waals surface area contributed by atoms with Gasteiger partial charge in [0.05, 0.1) is 0 Å². The molecule has 2 rings (SSSR count). The molecule has 0 bridgehead atoms. The SMILES string of the molecule is COCCC1(CN=C(N)Nc2ccc(C)c(C)c2)CCC1.I. The highest BCUT2D eigenvalue weighted by molar-refractivity contribution is 14.0. The molecule has 1 aromatic carbocycles. The number of hydrogen-bond acceptors (Lipinski definition) is 2. The van der Waals surface area contributed by atoms with E-state index in [4.69, 9.17) is 10.5 Å². The smallest absolute Gasteiger partial charge is 0.193 e. The van der Waals surface area contributed by atoms with Gasteiger partial charge in [-0.2, -0.15) is 0 Å². The first-order valence-electron chi connectivity index (χ1n) is 7.68. The van der Waals surface area contributed by atoms with Gasteiger partial charge in [0, 0.05) is 25.9 Å². The van der Waals surface area contributed by atoms with Crippen molar-refractivity contribution in [2.24, 2.45) is 16.1 Å². The van der Waals surface area contributed by atoms with Crippen molar-refractivity contribution >= 4 is 35.6 Å². The number of rotatable bonds is 6. The van der Waals surface area contributed by atoms with E-state index in [0.717, 1.165) is 25.3 Å². The third kappa shape index (κ3) is 5.12. The molecular weight excluding hydrogens is 389 g/mol. The highest BCUT2D eigenvalue weighted by Crippen LogP contribution is 2.44. The average Bonchev–Trinajstić information content (AvgIpc) is 2.41. The third-order valence-electron chi connectivity index (χ3n) is 4.61. The summed E-state index contributed by atoms with van der Waals surface area (Å²) in [5, 5.41) is 3.18. The van der Waals surface area contributed by atoms with Crippen LogP contribution in [0.2, 0.25) is 0 Å². The molecule has 1 fully saturated rings. The fourth-order valence-electron chi connectivity index (χ4n) is 2.74. The fraction of sp³-hybridized carbons (Fsp3) is 0.588. The Labute approximate surface area is 150 Å². The Balaban J connectivity index is 0.00000242. The molecule has 1 aliphatic rings. The van der Waals surface area contributed by atoms with Crippen molar-refractivity contribution in [2.75, 3.05) is 25.6 Å². The van der Waals surface area contributed by atoms with Crippen molar-refractivity contribution in [3.63, 3.8) is 0 Å². The number of aryl methyl sites for hydroxylation is 2. The molecule has 0 amide bonds. The predicted molar refractivity (Wildman–Crippen MR) is 104 cm³/mol. The van der Waals surface area contributed by atoms with Crippen LogP contribution in [0.1, 0.15) is 36.8 Å². The molecule has 1 aliphatic carbocycles. The lowest BCUT2D eigenvalue weighted by molar-refractivity contribution is 0.0780. The number of nitrogens with one attached hydrogen (secondary N) is 1. The number of nitrogens with zero attached hydrogens (tertiary/aromatic N) is 1. The average molecular weight is 417 g/mol. The van der Waals surface area contributed by atoms with Gasteiger partial charge in [-0.15, -0.1) is 24.0 Å². The molecule has 4 nitrogen and oxygen atoms in total. The first-order valence-corrected chi connectivity index (χ1v) is 7.68. The van der Waals surface area contributed by atoms with Gasteiger partial charge >= 0.3 is 0 Å². The summed E-state index contributed by atoms with van der Waals surface area (Å²) in [6.45, 7) is 5.80. The minimum absolute atomic E-state index is 0. The second-order valence-electron chi connectivity index (χ2n) is 6.22. The zero-order valence-corrected chi connectivity index (χ0v) is 16.1. The minimum Gasteiger partial charge on any atom is -0.385 e. The quantitative estimate of drug-likeness (QED) is 0.420. The lowest BCUT2D eigenvalue weighted by atomic mass is 9.67. The van der Waals surface area contributed by atoms with Gasteiger partial charge < -0.3 is 15.8 Å². The first-order chi connectivity index (χ1) is 10.0. The third-order valence-corrected chi connectivity index (χ3v) is 4.61. The number of guanidine groups is 1. The zero-order valence-electron chi connectivity index (χ0n) is 13.8. The van der Waals surface area contributed by atoms with Crippen molar-refractivity contribution in [1.29, 1.82) is 0 Å². The van der Waals surface area contributed by atoms with Crippen LogP contribution < -0.4 is 11.1 Å². The maximum atomic E-state index is 6.02. The molecule has 0 aliphatic heterocycles. The number of ether oxygens (including phenoxy) is 1. The van der Waals surface area contributed by atoms with Gasteiger partial charge in [-0.3, -0.25) is 4.99 Å². The number of anilines is 1. The van der Waals surface area contributed by atoms with Gasteiger partial charge in [0.2, 0.25) is 0 Å². The Bertz CT molecular complexity index is 513. The zero-order chi connectivity index (χ0) is 15.3. The number of hydrogen-bond donors (Lipinski definition) is 2. The summed E-state index contributed by atoms with van der Waals surface area (Å²) >= 11 is 0. The second-order valence-corrected chi connectivity index (χ2v) is 6.22. The monoisotopic (exact) mass is 417 g/mol. The number of methoxy groups -OCH3 is 1. The van der Waals surface area contributed by atoms with Crippen molar-refractivity contribution in [1.82, 2.24) is 0 Å². The molecule has 124 valence electrons. The molecule has 5 heteroatoms. The van der Waals surface area contributed by atoms with Crippen molar-refractivity contribution in [3.05, 3.63) is 29.3 Å². The molecule has 0 atom stereocenters. The Hall–Kier alpha value is -0.820. The van der Waals surface area contributed by atoms with Crippen LogP contribution in [-0.2, 0) is 4.74 Å². The van der Waals surface area contributed by atoms with Crippen molar-refractivity contribution < 1.29 is 4.74 Å². The van der Waals surface area contributed by atoms with Gasteiger partial charge in [0.25, 0.3) is 0 Å². The van der Waals surface area contributed by atoms with Gasteiger partial charge in [-0.25, -0.2) is 0 Å².